The maximum atomic E-state index is 12.5. The first kappa shape index (κ1) is 14.1. The second-order valence-corrected chi connectivity index (χ2v) is 5.38. The molecule has 0 unspecified atom stereocenters. The summed E-state index contributed by atoms with van der Waals surface area (Å²) < 4.78 is 5.38. The first-order chi connectivity index (χ1) is 9.22. The summed E-state index contributed by atoms with van der Waals surface area (Å²) in [5.74, 6) is 0.911. The molecular weight excluding hydrogens is 240 g/mol. The van der Waals surface area contributed by atoms with Crippen molar-refractivity contribution in [1.82, 2.24) is 4.90 Å². The average Bonchev–Trinajstić information content (AvgIpc) is 3.08. The van der Waals surface area contributed by atoms with Crippen molar-refractivity contribution in [1.29, 1.82) is 0 Å². The molecule has 1 saturated carbocycles. The van der Waals surface area contributed by atoms with Crippen molar-refractivity contribution in [3.05, 3.63) is 24.2 Å². The van der Waals surface area contributed by atoms with Crippen LogP contribution in [-0.4, -0.2) is 22.9 Å². The third-order valence-corrected chi connectivity index (χ3v) is 3.87. The van der Waals surface area contributed by atoms with Gasteiger partial charge in [-0.25, -0.2) is 0 Å². The van der Waals surface area contributed by atoms with Crippen molar-refractivity contribution in [3.8, 4) is 0 Å². The largest absolute Gasteiger partial charge is 0.467 e. The number of furan rings is 1. The number of carbonyl (C=O) groups excluding carboxylic acids is 1. The molecule has 0 aliphatic heterocycles. The Labute approximate surface area is 114 Å². The van der Waals surface area contributed by atoms with Crippen molar-refractivity contribution in [2.75, 3.05) is 0 Å². The van der Waals surface area contributed by atoms with Crippen molar-refractivity contribution >= 4 is 5.91 Å². The zero-order valence-corrected chi connectivity index (χ0v) is 11.7. The van der Waals surface area contributed by atoms with Crippen LogP contribution in [0.1, 0.15) is 51.2 Å². The number of rotatable bonds is 6. The average molecular weight is 264 g/mol. The molecule has 106 valence electrons. The van der Waals surface area contributed by atoms with Gasteiger partial charge in [0, 0.05) is 6.04 Å². The quantitative estimate of drug-likeness (QED) is 0.859. The zero-order valence-electron chi connectivity index (χ0n) is 11.7. The topological polar surface area (TPSA) is 59.5 Å². The second kappa shape index (κ2) is 6.75. The number of hydrogen-bond acceptors (Lipinski definition) is 3. The molecule has 1 atom stereocenters. The molecule has 0 saturated heterocycles. The highest BCUT2D eigenvalue weighted by atomic mass is 16.3. The number of amides is 1. The zero-order chi connectivity index (χ0) is 13.7. The van der Waals surface area contributed by atoms with Gasteiger partial charge in [-0.3, -0.25) is 4.79 Å². The normalized spacial score (nSPS) is 17.6. The summed E-state index contributed by atoms with van der Waals surface area (Å²) in [4.78, 5) is 14.4. The van der Waals surface area contributed by atoms with Crippen LogP contribution in [0.2, 0.25) is 0 Å². The van der Waals surface area contributed by atoms with Crippen LogP contribution in [-0.2, 0) is 11.3 Å². The minimum atomic E-state index is -0.374. The fraction of sp³-hybridized carbons (Fsp3) is 0.667. The molecule has 1 heterocycles. The van der Waals surface area contributed by atoms with Crippen LogP contribution in [0.15, 0.2) is 22.8 Å². The lowest BCUT2D eigenvalue weighted by Gasteiger charge is -2.30. The van der Waals surface area contributed by atoms with Gasteiger partial charge in [0.25, 0.3) is 0 Å². The third-order valence-electron chi connectivity index (χ3n) is 3.87. The maximum Gasteiger partial charge on any atom is 0.240 e. The highest BCUT2D eigenvalue weighted by Gasteiger charge is 2.30. The minimum absolute atomic E-state index is 0.0742. The minimum Gasteiger partial charge on any atom is -0.467 e. The van der Waals surface area contributed by atoms with Gasteiger partial charge < -0.3 is 15.1 Å². The van der Waals surface area contributed by atoms with Crippen molar-refractivity contribution in [3.63, 3.8) is 0 Å². The number of nitrogens with two attached hydrogens (primary N) is 1. The van der Waals surface area contributed by atoms with E-state index in [9.17, 15) is 4.79 Å². The van der Waals surface area contributed by atoms with Crippen LogP contribution in [0.5, 0.6) is 0 Å². The Balaban J connectivity index is 2.06. The molecule has 1 aromatic rings. The number of hydrogen-bond donors (Lipinski definition) is 1. The summed E-state index contributed by atoms with van der Waals surface area (Å²) in [5.41, 5.74) is 6.00. The van der Waals surface area contributed by atoms with Gasteiger partial charge in [-0.05, 0) is 31.4 Å². The molecule has 0 bridgehead atoms. The molecule has 0 radical (unpaired) electrons. The van der Waals surface area contributed by atoms with Crippen molar-refractivity contribution in [2.45, 2.75) is 64.1 Å². The molecule has 1 aromatic heterocycles. The standard InChI is InChI=1S/C15H24N2O2/c1-2-6-14(16)15(18)17(12-7-3-4-8-12)11-13-9-5-10-19-13/h5,9-10,12,14H,2-4,6-8,11,16H2,1H3/t14-/m1/s1. The van der Waals surface area contributed by atoms with Gasteiger partial charge in [0.05, 0.1) is 18.8 Å². The Morgan fingerprint density at radius 1 is 1.53 bits per heavy atom. The van der Waals surface area contributed by atoms with Gasteiger partial charge in [0.15, 0.2) is 0 Å². The maximum absolute atomic E-state index is 12.5. The van der Waals surface area contributed by atoms with Gasteiger partial charge in [-0.1, -0.05) is 26.2 Å². The van der Waals surface area contributed by atoms with Gasteiger partial charge in [-0.2, -0.15) is 0 Å². The van der Waals surface area contributed by atoms with Crippen molar-refractivity contribution in [2.24, 2.45) is 5.73 Å². The molecule has 1 amide bonds. The van der Waals surface area contributed by atoms with Crippen LogP contribution >= 0.6 is 0 Å². The SMILES string of the molecule is CCC[C@@H](N)C(=O)N(Cc1ccco1)C1CCCC1. The van der Waals surface area contributed by atoms with E-state index in [1.165, 1.54) is 12.8 Å². The lowest BCUT2D eigenvalue weighted by atomic mass is 10.1. The summed E-state index contributed by atoms with van der Waals surface area (Å²) in [6.45, 7) is 2.60. The number of carbonyl (C=O) groups is 1. The van der Waals surface area contributed by atoms with E-state index < -0.39 is 0 Å². The third kappa shape index (κ3) is 3.60. The van der Waals surface area contributed by atoms with Gasteiger partial charge in [-0.15, -0.1) is 0 Å². The van der Waals surface area contributed by atoms with E-state index in [4.69, 9.17) is 10.2 Å². The van der Waals surface area contributed by atoms with E-state index in [0.717, 1.165) is 31.4 Å². The molecule has 1 aliphatic rings. The highest BCUT2D eigenvalue weighted by Crippen LogP contribution is 2.26. The molecule has 0 aromatic carbocycles. The molecular formula is C15H24N2O2. The summed E-state index contributed by atoms with van der Waals surface area (Å²) in [6, 6.07) is 3.74. The summed E-state index contributed by atoms with van der Waals surface area (Å²) in [7, 11) is 0. The van der Waals surface area contributed by atoms with Crippen molar-refractivity contribution < 1.29 is 9.21 Å². The predicted molar refractivity (Wildman–Crippen MR) is 74.4 cm³/mol. The number of nitrogens with zero attached hydrogens (tertiary/aromatic N) is 1. The van der Waals surface area contributed by atoms with E-state index in [0.29, 0.717) is 12.6 Å². The first-order valence-electron chi connectivity index (χ1n) is 7.30. The van der Waals surface area contributed by atoms with Gasteiger partial charge in [0.2, 0.25) is 5.91 Å². The lowest BCUT2D eigenvalue weighted by molar-refractivity contribution is -0.136. The van der Waals surface area contributed by atoms with Crippen LogP contribution < -0.4 is 5.73 Å². The van der Waals surface area contributed by atoms with E-state index in [2.05, 4.69) is 6.92 Å². The van der Waals surface area contributed by atoms with E-state index in [-0.39, 0.29) is 11.9 Å². The second-order valence-electron chi connectivity index (χ2n) is 5.38. The predicted octanol–water partition coefficient (Wildman–Crippen LogP) is 2.68. The van der Waals surface area contributed by atoms with Crippen LogP contribution in [0.4, 0.5) is 0 Å². The smallest absolute Gasteiger partial charge is 0.240 e. The monoisotopic (exact) mass is 264 g/mol. The summed E-state index contributed by atoms with van der Waals surface area (Å²) in [5, 5.41) is 0. The fourth-order valence-electron chi connectivity index (χ4n) is 2.82. The lowest BCUT2D eigenvalue weighted by Crippen LogP contribution is -2.47. The Morgan fingerprint density at radius 2 is 2.26 bits per heavy atom. The van der Waals surface area contributed by atoms with E-state index >= 15 is 0 Å². The molecule has 1 fully saturated rings. The Bertz CT molecular complexity index is 383. The molecule has 4 nitrogen and oxygen atoms in total. The highest BCUT2D eigenvalue weighted by molar-refractivity contribution is 5.81. The fourth-order valence-corrected chi connectivity index (χ4v) is 2.82. The van der Waals surface area contributed by atoms with E-state index in [1.54, 1.807) is 6.26 Å². The molecule has 0 spiro atoms. The molecule has 4 heteroatoms. The Hall–Kier alpha value is -1.29. The molecule has 2 rings (SSSR count). The molecule has 19 heavy (non-hydrogen) atoms. The van der Waals surface area contributed by atoms with Gasteiger partial charge >= 0.3 is 0 Å². The molecule has 1 aliphatic carbocycles. The Morgan fingerprint density at radius 3 is 2.84 bits per heavy atom. The van der Waals surface area contributed by atoms with E-state index in [1.807, 2.05) is 17.0 Å². The summed E-state index contributed by atoms with van der Waals surface area (Å²) in [6.07, 6.45) is 7.92. The first-order valence-corrected chi connectivity index (χ1v) is 7.30. The summed E-state index contributed by atoms with van der Waals surface area (Å²) >= 11 is 0. The van der Waals surface area contributed by atoms with Gasteiger partial charge in [0.1, 0.15) is 5.76 Å². The van der Waals surface area contributed by atoms with Crippen LogP contribution in [0, 0.1) is 0 Å². The Kier molecular flexibility index (Phi) is 5.02. The van der Waals surface area contributed by atoms with Crippen LogP contribution in [0.25, 0.3) is 0 Å². The van der Waals surface area contributed by atoms with Crippen LogP contribution in [0.3, 0.4) is 0 Å². The molecule has 2 N–H and O–H groups in total.